The molecule has 0 bridgehead atoms. The fourth-order valence-corrected chi connectivity index (χ4v) is 4.63. The van der Waals surface area contributed by atoms with Crippen LogP contribution in [0.3, 0.4) is 0 Å². The minimum absolute atomic E-state index is 0.196. The first-order valence-electron chi connectivity index (χ1n) is 11.3. The molecule has 1 aromatic heterocycles. The number of oxazole rings is 1. The van der Waals surface area contributed by atoms with Gasteiger partial charge in [-0.3, -0.25) is 0 Å². The third-order valence-corrected chi connectivity index (χ3v) is 6.46. The van der Waals surface area contributed by atoms with E-state index in [-0.39, 0.29) is 11.8 Å². The topological polar surface area (TPSA) is 46.3 Å². The van der Waals surface area contributed by atoms with Gasteiger partial charge in [-0.2, -0.15) is 0 Å². The van der Waals surface area contributed by atoms with Gasteiger partial charge in [0, 0.05) is 17.0 Å². The van der Waals surface area contributed by atoms with Crippen LogP contribution in [-0.4, -0.2) is 10.1 Å². The van der Waals surface area contributed by atoms with Crippen molar-refractivity contribution in [3.8, 4) is 28.3 Å². The Morgan fingerprint density at radius 3 is 2.38 bits per heavy atom. The highest BCUT2D eigenvalue weighted by Crippen LogP contribution is 2.41. The number of benzene rings is 3. The molecule has 160 valence electrons. The molecule has 3 heteroatoms. The van der Waals surface area contributed by atoms with Crippen molar-refractivity contribution in [3.63, 3.8) is 0 Å². The summed E-state index contributed by atoms with van der Waals surface area (Å²) < 4.78 is 6.52. The van der Waals surface area contributed by atoms with Crippen molar-refractivity contribution in [3.05, 3.63) is 108 Å². The summed E-state index contributed by atoms with van der Waals surface area (Å²) in [4.78, 5) is 5.06. The molecule has 1 aliphatic rings. The number of rotatable bonds is 5. The molecule has 0 amide bonds. The van der Waals surface area contributed by atoms with E-state index in [1.54, 1.807) is 6.07 Å². The van der Waals surface area contributed by atoms with Crippen LogP contribution in [0.2, 0.25) is 0 Å². The first kappa shape index (κ1) is 20.3. The van der Waals surface area contributed by atoms with E-state index in [2.05, 4.69) is 42.5 Å². The Bertz CT molecular complexity index is 1170. The Balaban J connectivity index is 1.55. The van der Waals surface area contributed by atoms with Crippen molar-refractivity contribution in [2.75, 3.05) is 0 Å². The zero-order valence-electron chi connectivity index (χ0n) is 18.2. The van der Waals surface area contributed by atoms with Gasteiger partial charge in [0.1, 0.15) is 11.4 Å². The maximum atomic E-state index is 10.2. The number of nitrogens with zero attached hydrogens (tertiary/aromatic N) is 1. The van der Waals surface area contributed by atoms with Gasteiger partial charge in [0.25, 0.3) is 0 Å². The second kappa shape index (κ2) is 8.88. The molecule has 2 atom stereocenters. The highest BCUT2D eigenvalue weighted by Gasteiger charge is 2.30. The molecule has 0 fully saturated rings. The van der Waals surface area contributed by atoms with Crippen LogP contribution in [0.15, 0.2) is 95.4 Å². The molecule has 1 aliphatic carbocycles. The summed E-state index contributed by atoms with van der Waals surface area (Å²) in [6.45, 7) is 1.98. The number of aromatic nitrogens is 1. The van der Waals surface area contributed by atoms with Crippen LogP contribution in [0.4, 0.5) is 0 Å². The quantitative estimate of drug-likeness (QED) is 0.344. The first-order valence-corrected chi connectivity index (χ1v) is 11.3. The number of aromatic hydroxyl groups is 1. The van der Waals surface area contributed by atoms with Crippen molar-refractivity contribution in [1.29, 1.82) is 0 Å². The minimum atomic E-state index is 0.196. The third-order valence-electron chi connectivity index (χ3n) is 6.46. The van der Waals surface area contributed by atoms with Crippen LogP contribution in [0, 0.1) is 12.8 Å². The summed E-state index contributed by atoms with van der Waals surface area (Å²) >= 11 is 0. The van der Waals surface area contributed by atoms with Crippen LogP contribution in [-0.2, 0) is 6.42 Å². The van der Waals surface area contributed by atoms with Gasteiger partial charge in [-0.15, -0.1) is 0 Å². The molecule has 5 rings (SSSR count). The summed E-state index contributed by atoms with van der Waals surface area (Å²) in [6.07, 6.45) is 7.43. The molecular weight excluding hydrogens is 394 g/mol. The van der Waals surface area contributed by atoms with E-state index in [4.69, 9.17) is 9.40 Å². The second-order valence-electron chi connectivity index (χ2n) is 8.50. The van der Waals surface area contributed by atoms with Gasteiger partial charge < -0.3 is 9.52 Å². The van der Waals surface area contributed by atoms with Gasteiger partial charge in [0.15, 0.2) is 11.7 Å². The Morgan fingerprint density at radius 2 is 1.62 bits per heavy atom. The number of hydrogen-bond acceptors (Lipinski definition) is 3. The van der Waals surface area contributed by atoms with E-state index in [9.17, 15) is 5.11 Å². The van der Waals surface area contributed by atoms with E-state index in [1.807, 2.05) is 49.4 Å². The lowest BCUT2D eigenvalue weighted by atomic mass is 9.79. The molecule has 1 N–H and O–H groups in total. The predicted octanol–water partition coefficient (Wildman–Crippen LogP) is 7.32. The van der Waals surface area contributed by atoms with Crippen molar-refractivity contribution in [2.45, 2.75) is 32.1 Å². The van der Waals surface area contributed by atoms with E-state index >= 15 is 0 Å². The Hall–Kier alpha value is -3.59. The highest BCUT2D eigenvalue weighted by molar-refractivity contribution is 5.76. The van der Waals surface area contributed by atoms with Crippen LogP contribution >= 0.6 is 0 Å². The van der Waals surface area contributed by atoms with Gasteiger partial charge in [-0.1, -0.05) is 84.9 Å². The molecule has 3 nitrogen and oxygen atoms in total. The lowest BCUT2D eigenvalue weighted by Crippen LogP contribution is -2.17. The monoisotopic (exact) mass is 421 g/mol. The molecule has 3 aromatic carbocycles. The number of allylic oxidation sites excluding steroid dienone is 2. The van der Waals surface area contributed by atoms with Crippen LogP contribution in [0.1, 0.15) is 35.8 Å². The lowest BCUT2D eigenvalue weighted by Gasteiger charge is -2.26. The predicted molar refractivity (Wildman–Crippen MR) is 129 cm³/mol. The standard InChI is InChI=1S/C29H27NO2/c1-20-23(16-10-18-26(20)31)19-24-15-8-9-17-25(24)29-30-27(21-11-4-2-5-12-21)28(32-29)22-13-6-3-7-14-22/h2-8,10-16,18,24-25,31H,9,17,19H2,1H3. The summed E-state index contributed by atoms with van der Waals surface area (Å²) in [5.74, 6) is 2.45. The zero-order valence-corrected chi connectivity index (χ0v) is 18.2. The normalized spacial score (nSPS) is 18.0. The fraction of sp³-hybridized carbons (Fsp3) is 0.207. The molecule has 32 heavy (non-hydrogen) atoms. The van der Waals surface area contributed by atoms with Gasteiger partial charge >= 0.3 is 0 Å². The third kappa shape index (κ3) is 3.99. The van der Waals surface area contributed by atoms with Crippen molar-refractivity contribution in [1.82, 2.24) is 4.98 Å². The maximum absolute atomic E-state index is 10.2. The smallest absolute Gasteiger partial charge is 0.199 e. The Morgan fingerprint density at radius 1 is 0.906 bits per heavy atom. The molecule has 1 heterocycles. The van der Waals surface area contributed by atoms with Crippen molar-refractivity contribution < 1.29 is 9.52 Å². The summed E-state index contributed by atoms with van der Waals surface area (Å²) in [5.41, 5.74) is 5.12. The molecule has 2 unspecified atom stereocenters. The van der Waals surface area contributed by atoms with Gasteiger partial charge in [-0.25, -0.2) is 4.98 Å². The van der Waals surface area contributed by atoms with Crippen LogP contribution < -0.4 is 0 Å². The van der Waals surface area contributed by atoms with E-state index < -0.39 is 0 Å². The Labute approximate surface area is 189 Å². The SMILES string of the molecule is Cc1c(O)cccc1CC1C=CCCC1c1nc(-c2ccccc2)c(-c2ccccc2)o1. The minimum Gasteiger partial charge on any atom is -0.508 e. The molecular formula is C29H27NO2. The average Bonchev–Trinajstić information content (AvgIpc) is 3.29. The molecule has 0 spiro atoms. The summed E-state index contributed by atoms with van der Waals surface area (Å²) in [7, 11) is 0. The van der Waals surface area contributed by atoms with Crippen LogP contribution in [0.5, 0.6) is 5.75 Å². The number of phenolic OH excluding ortho intramolecular Hbond substituents is 1. The number of hydrogen-bond donors (Lipinski definition) is 1. The summed E-state index contributed by atoms with van der Waals surface area (Å²) in [6, 6.07) is 26.3. The Kier molecular flexibility index (Phi) is 5.64. The molecule has 4 aromatic rings. The molecule has 0 saturated heterocycles. The molecule has 0 saturated carbocycles. The fourth-order valence-electron chi connectivity index (χ4n) is 4.63. The molecule has 0 aliphatic heterocycles. The maximum Gasteiger partial charge on any atom is 0.199 e. The largest absolute Gasteiger partial charge is 0.508 e. The summed E-state index contributed by atoms with van der Waals surface area (Å²) in [5, 5.41) is 10.2. The van der Waals surface area contributed by atoms with Gasteiger partial charge in [-0.05, 0) is 49.3 Å². The highest BCUT2D eigenvalue weighted by atomic mass is 16.4. The first-order chi connectivity index (χ1) is 15.7. The van der Waals surface area contributed by atoms with Crippen molar-refractivity contribution in [2.24, 2.45) is 5.92 Å². The average molecular weight is 422 g/mol. The van der Waals surface area contributed by atoms with E-state index in [1.165, 1.54) is 5.56 Å². The second-order valence-corrected chi connectivity index (χ2v) is 8.50. The van der Waals surface area contributed by atoms with Gasteiger partial charge in [0.05, 0.1) is 0 Å². The van der Waals surface area contributed by atoms with Gasteiger partial charge in [0.2, 0.25) is 0 Å². The zero-order chi connectivity index (χ0) is 21.9. The molecule has 0 radical (unpaired) electrons. The van der Waals surface area contributed by atoms with E-state index in [0.29, 0.717) is 5.75 Å². The van der Waals surface area contributed by atoms with Crippen LogP contribution in [0.25, 0.3) is 22.6 Å². The van der Waals surface area contributed by atoms with Crippen molar-refractivity contribution >= 4 is 0 Å². The lowest BCUT2D eigenvalue weighted by molar-refractivity contribution is 0.364. The van der Waals surface area contributed by atoms with E-state index in [0.717, 1.165) is 53.3 Å². The number of phenols is 1.